The molecule has 2 aromatic rings. The van der Waals surface area contributed by atoms with Gasteiger partial charge in [-0.1, -0.05) is 31.2 Å². The van der Waals surface area contributed by atoms with Crippen LogP contribution in [-0.4, -0.2) is 46.8 Å². The Morgan fingerprint density at radius 3 is 2.85 bits per heavy atom. The fraction of sp³-hybridized carbons (Fsp3) is 0.524. The molecule has 0 radical (unpaired) electrons. The highest BCUT2D eigenvalue weighted by atomic mass is 16.1. The second-order valence-electron chi connectivity index (χ2n) is 7.29. The number of aromatic nitrogens is 2. The van der Waals surface area contributed by atoms with Crippen LogP contribution in [0.3, 0.4) is 0 Å². The maximum absolute atomic E-state index is 12.4. The molecule has 1 N–H and O–H groups in total. The molecule has 26 heavy (non-hydrogen) atoms. The van der Waals surface area contributed by atoms with E-state index in [0.717, 1.165) is 38.3 Å². The van der Waals surface area contributed by atoms with Crippen LogP contribution in [-0.2, 0) is 6.54 Å². The first-order valence-electron chi connectivity index (χ1n) is 9.68. The molecule has 5 nitrogen and oxygen atoms in total. The fourth-order valence-electron chi connectivity index (χ4n) is 3.84. The summed E-state index contributed by atoms with van der Waals surface area (Å²) >= 11 is 0. The van der Waals surface area contributed by atoms with E-state index in [0.29, 0.717) is 18.0 Å². The molecule has 1 atom stereocenters. The van der Waals surface area contributed by atoms with Gasteiger partial charge in [-0.3, -0.25) is 9.48 Å². The van der Waals surface area contributed by atoms with Gasteiger partial charge in [0.2, 0.25) is 0 Å². The largest absolute Gasteiger partial charge is 0.351 e. The number of amides is 1. The van der Waals surface area contributed by atoms with Gasteiger partial charge in [-0.05, 0) is 50.3 Å². The average Bonchev–Trinajstić information content (AvgIpc) is 3.22. The van der Waals surface area contributed by atoms with Gasteiger partial charge in [-0.25, -0.2) is 0 Å². The summed E-state index contributed by atoms with van der Waals surface area (Å²) < 4.78 is 1.86. The molecule has 0 saturated carbocycles. The first-order valence-corrected chi connectivity index (χ1v) is 9.68. The SMILES string of the molecule is CCCn1cc(C(=O)NCCN2CC[C@H](c3ccccc3C)C2)c(C)n1. The number of aryl methyl sites for hydroxylation is 3. The molecule has 1 fully saturated rings. The number of benzene rings is 1. The number of carbonyl (C=O) groups is 1. The van der Waals surface area contributed by atoms with Crippen LogP contribution in [0.1, 0.15) is 52.9 Å². The molecule has 3 rings (SSSR count). The molecule has 1 aliphatic rings. The number of likely N-dealkylation sites (tertiary alicyclic amines) is 1. The second-order valence-corrected chi connectivity index (χ2v) is 7.29. The lowest BCUT2D eigenvalue weighted by Gasteiger charge is -2.17. The summed E-state index contributed by atoms with van der Waals surface area (Å²) in [5.74, 6) is 0.598. The van der Waals surface area contributed by atoms with E-state index in [1.807, 2.05) is 17.8 Å². The molecule has 5 heteroatoms. The van der Waals surface area contributed by atoms with Crippen molar-refractivity contribution < 1.29 is 4.79 Å². The molecule has 1 aliphatic heterocycles. The summed E-state index contributed by atoms with van der Waals surface area (Å²) in [6.45, 7) is 10.8. The Labute approximate surface area is 156 Å². The van der Waals surface area contributed by atoms with Gasteiger partial charge in [0.1, 0.15) is 0 Å². The van der Waals surface area contributed by atoms with Gasteiger partial charge in [0.15, 0.2) is 0 Å². The smallest absolute Gasteiger partial charge is 0.254 e. The number of hydrogen-bond donors (Lipinski definition) is 1. The van der Waals surface area contributed by atoms with Gasteiger partial charge in [-0.15, -0.1) is 0 Å². The molecule has 2 heterocycles. The van der Waals surface area contributed by atoms with Gasteiger partial charge in [0.25, 0.3) is 5.91 Å². The van der Waals surface area contributed by atoms with E-state index in [1.165, 1.54) is 17.5 Å². The zero-order valence-corrected chi connectivity index (χ0v) is 16.2. The summed E-state index contributed by atoms with van der Waals surface area (Å²) in [4.78, 5) is 14.9. The zero-order chi connectivity index (χ0) is 18.5. The third-order valence-corrected chi connectivity index (χ3v) is 5.26. The van der Waals surface area contributed by atoms with E-state index in [9.17, 15) is 4.79 Å². The Hall–Kier alpha value is -2.14. The molecule has 0 bridgehead atoms. The Bertz CT molecular complexity index is 752. The van der Waals surface area contributed by atoms with Crippen LogP contribution in [0, 0.1) is 13.8 Å². The summed E-state index contributed by atoms with van der Waals surface area (Å²) in [7, 11) is 0. The molecule has 1 aromatic carbocycles. The predicted molar refractivity (Wildman–Crippen MR) is 105 cm³/mol. The van der Waals surface area contributed by atoms with E-state index in [4.69, 9.17) is 0 Å². The van der Waals surface area contributed by atoms with Gasteiger partial charge in [0, 0.05) is 32.4 Å². The van der Waals surface area contributed by atoms with Crippen molar-refractivity contribution in [3.8, 4) is 0 Å². The minimum absolute atomic E-state index is 0.0143. The van der Waals surface area contributed by atoms with Crippen molar-refractivity contribution in [2.75, 3.05) is 26.2 Å². The van der Waals surface area contributed by atoms with E-state index in [-0.39, 0.29) is 5.91 Å². The highest BCUT2D eigenvalue weighted by Crippen LogP contribution is 2.28. The minimum atomic E-state index is -0.0143. The van der Waals surface area contributed by atoms with Crippen molar-refractivity contribution in [2.45, 2.75) is 46.1 Å². The Kier molecular flexibility index (Phi) is 6.09. The maximum atomic E-state index is 12.4. The minimum Gasteiger partial charge on any atom is -0.351 e. The number of nitrogens with one attached hydrogen (secondary N) is 1. The van der Waals surface area contributed by atoms with Gasteiger partial charge >= 0.3 is 0 Å². The lowest BCUT2D eigenvalue weighted by molar-refractivity contribution is 0.0949. The summed E-state index contributed by atoms with van der Waals surface area (Å²) in [5, 5.41) is 7.46. The quantitative estimate of drug-likeness (QED) is 0.831. The van der Waals surface area contributed by atoms with Crippen molar-refractivity contribution in [3.63, 3.8) is 0 Å². The van der Waals surface area contributed by atoms with E-state index in [2.05, 4.69) is 53.4 Å². The van der Waals surface area contributed by atoms with Crippen LogP contribution in [0.5, 0.6) is 0 Å². The number of nitrogens with zero attached hydrogens (tertiary/aromatic N) is 3. The second kappa shape index (κ2) is 8.49. The third kappa shape index (κ3) is 4.33. The third-order valence-electron chi connectivity index (χ3n) is 5.26. The van der Waals surface area contributed by atoms with Crippen molar-refractivity contribution >= 4 is 5.91 Å². The molecule has 0 unspecified atom stereocenters. The van der Waals surface area contributed by atoms with Crippen LogP contribution >= 0.6 is 0 Å². The van der Waals surface area contributed by atoms with Gasteiger partial charge < -0.3 is 10.2 Å². The molecule has 1 aromatic heterocycles. The number of rotatable bonds is 7. The van der Waals surface area contributed by atoms with Crippen molar-refractivity contribution in [1.29, 1.82) is 0 Å². The molecule has 1 amide bonds. The lowest BCUT2D eigenvalue weighted by Crippen LogP contribution is -2.34. The molecule has 140 valence electrons. The monoisotopic (exact) mass is 354 g/mol. The molecular weight excluding hydrogens is 324 g/mol. The van der Waals surface area contributed by atoms with Crippen molar-refractivity contribution in [2.24, 2.45) is 0 Å². The van der Waals surface area contributed by atoms with Crippen LogP contribution < -0.4 is 5.32 Å². The first kappa shape index (κ1) is 18.6. The number of carbonyl (C=O) groups excluding carboxylic acids is 1. The fourth-order valence-corrected chi connectivity index (χ4v) is 3.84. The first-order chi connectivity index (χ1) is 12.6. The molecule has 0 aliphatic carbocycles. The Morgan fingerprint density at radius 2 is 2.08 bits per heavy atom. The standard InChI is InChI=1S/C21H30N4O/c1-4-11-25-15-20(17(3)23-25)21(26)22-10-13-24-12-9-18(14-24)19-8-6-5-7-16(19)2/h5-8,15,18H,4,9-14H2,1-3H3,(H,22,26)/t18-/m0/s1. The van der Waals surface area contributed by atoms with E-state index >= 15 is 0 Å². The molecular formula is C21H30N4O. The Balaban J connectivity index is 1.47. The summed E-state index contributed by atoms with van der Waals surface area (Å²) in [6.07, 6.45) is 4.07. The Morgan fingerprint density at radius 1 is 1.27 bits per heavy atom. The van der Waals surface area contributed by atoms with E-state index < -0.39 is 0 Å². The van der Waals surface area contributed by atoms with Crippen molar-refractivity contribution in [1.82, 2.24) is 20.0 Å². The highest BCUT2D eigenvalue weighted by Gasteiger charge is 2.24. The normalized spacial score (nSPS) is 17.6. The van der Waals surface area contributed by atoms with Gasteiger partial charge in [0.05, 0.1) is 11.3 Å². The predicted octanol–water partition coefficient (Wildman–Crippen LogP) is 3.13. The zero-order valence-electron chi connectivity index (χ0n) is 16.2. The average molecular weight is 354 g/mol. The van der Waals surface area contributed by atoms with Crippen LogP contribution in [0.15, 0.2) is 30.5 Å². The van der Waals surface area contributed by atoms with Crippen LogP contribution in [0.2, 0.25) is 0 Å². The lowest BCUT2D eigenvalue weighted by atomic mass is 9.94. The van der Waals surface area contributed by atoms with Crippen molar-refractivity contribution in [3.05, 3.63) is 52.8 Å². The summed E-state index contributed by atoms with van der Waals surface area (Å²) in [5.41, 5.74) is 4.35. The van der Waals surface area contributed by atoms with Gasteiger partial charge in [-0.2, -0.15) is 5.10 Å². The maximum Gasteiger partial charge on any atom is 0.254 e. The summed E-state index contributed by atoms with van der Waals surface area (Å²) in [6, 6.07) is 8.68. The molecule has 1 saturated heterocycles. The highest BCUT2D eigenvalue weighted by molar-refractivity contribution is 5.94. The van der Waals surface area contributed by atoms with Crippen LogP contribution in [0.25, 0.3) is 0 Å². The van der Waals surface area contributed by atoms with E-state index in [1.54, 1.807) is 0 Å². The number of hydrogen-bond acceptors (Lipinski definition) is 3. The topological polar surface area (TPSA) is 50.2 Å². The van der Waals surface area contributed by atoms with Crippen LogP contribution in [0.4, 0.5) is 0 Å². The molecule has 0 spiro atoms.